The van der Waals surface area contributed by atoms with Gasteiger partial charge in [0.25, 0.3) is 9.03 Å². The molecule has 0 bridgehead atoms. The highest BCUT2D eigenvalue weighted by Gasteiger charge is 1.97. The number of hydrogen-bond acceptors (Lipinski definition) is 2. The summed E-state index contributed by atoms with van der Waals surface area (Å²) in [7, 11) is -0.0202. The van der Waals surface area contributed by atoms with E-state index in [1.54, 1.807) is 0 Å². The Morgan fingerprint density at radius 1 is 0.765 bits per heavy atom. The van der Waals surface area contributed by atoms with E-state index in [1.807, 2.05) is 62.4 Å². The van der Waals surface area contributed by atoms with Crippen molar-refractivity contribution in [3.8, 4) is 11.5 Å². The topological polar surface area (TPSA) is 18.5 Å². The monoisotopic (exact) mass is 246 g/mol. The molecule has 88 valence electrons. The van der Waals surface area contributed by atoms with E-state index >= 15 is 0 Å². The Hall–Kier alpha value is -1.53. The van der Waals surface area contributed by atoms with Crippen molar-refractivity contribution in [3.05, 3.63) is 59.7 Å². The van der Waals surface area contributed by atoms with Gasteiger partial charge in [-0.05, 0) is 49.2 Å². The maximum absolute atomic E-state index is 5.54. The number of benzene rings is 2. The molecule has 0 heterocycles. The zero-order valence-corrected chi connectivity index (χ0v) is 10.9. The molecule has 0 fully saturated rings. The summed E-state index contributed by atoms with van der Waals surface area (Å²) in [6.45, 7) is 4.08. The van der Waals surface area contributed by atoms with E-state index in [0.29, 0.717) is 0 Å². The molecule has 17 heavy (non-hydrogen) atoms. The van der Waals surface area contributed by atoms with Gasteiger partial charge in [-0.25, -0.2) is 0 Å². The molecule has 0 atom stereocenters. The highest BCUT2D eigenvalue weighted by molar-refractivity contribution is 7.27. The summed E-state index contributed by atoms with van der Waals surface area (Å²) in [5.74, 6) is 1.69. The van der Waals surface area contributed by atoms with Crippen LogP contribution in [-0.2, 0) is 0 Å². The Labute approximate surface area is 104 Å². The van der Waals surface area contributed by atoms with Gasteiger partial charge in [-0.3, -0.25) is 0 Å². The minimum atomic E-state index is -0.0202. The Morgan fingerprint density at radius 2 is 1.24 bits per heavy atom. The second-order valence-corrected chi connectivity index (χ2v) is 4.50. The first-order valence-electron chi connectivity index (χ1n) is 5.46. The molecule has 0 aliphatic carbocycles. The van der Waals surface area contributed by atoms with Gasteiger partial charge in [0, 0.05) is 0 Å². The molecule has 0 aromatic heterocycles. The van der Waals surface area contributed by atoms with Crippen LogP contribution >= 0.6 is 9.03 Å². The predicted octanol–water partition coefficient (Wildman–Crippen LogP) is 4.27. The summed E-state index contributed by atoms with van der Waals surface area (Å²) in [6, 6.07) is 15.9. The second kappa shape index (κ2) is 5.70. The summed E-state index contributed by atoms with van der Waals surface area (Å²) in [6.07, 6.45) is 0. The average Bonchev–Trinajstić information content (AvgIpc) is 2.29. The third-order valence-electron chi connectivity index (χ3n) is 2.30. The molecule has 0 N–H and O–H groups in total. The zero-order valence-electron chi connectivity index (χ0n) is 9.94. The van der Waals surface area contributed by atoms with Gasteiger partial charge in [0.2, 0.25) is 0 Å². The largest absolute Gasteiger partial charge is 0.441 e. The van der Waals surface area contributed by atoms with E-state index < -0.39 is 0 Å². The molecular formula is C14H15O2P. The number of hydrogen-bond donors (Lipinski definition) is 0. The molecule has 3 heteroatoms. The van der Waals surface area contributed by atoms with E-state index in [1.165, 1.54) is 11.1 Å². The highest BCUT2D eigenvalue weighted by atomic mass is 31.1. The molecule has 0 spiro atoms. The van der Waals surface area contributed by atoms with Gasteiger partial charge in [0.05, 0.1) is 0 Å². The zero-order chi connectivity index (χ0) is 12.1. The van der Waals surface area contributed by atoms with Gasteiger partial charge in [-0.1, -0.05) is 24.3 Å². The minimum Gasteiger partial charge on any atom is -0.441 e. The van der Waals surface area contributed by atoms with Crippen molar-refractivity contribution in [1.29, 1.82) is 0 Å². The molecule has 2 nitrogen and oxygen atoms in total. The van der Waals surface area contributed by atoms with Crippen LogP contribution in [0.4, 0.5) is 0 Å². The number of rotatable bonds is 4. The summed E-state index contributed by atoms with van der Waals surface area (Å²) < 4.78 is 11.1. The molecular weight excluding hydrogens is 231 g/mol. The molecule has 0 amide bonds. The smallest absolute Gasteiger partial charge is 0.275 e. The Kier molecular flexibility index (Phi) is 4.00. The fourth-order valence-electron chi connectivity index (χ4n) is 1.47. The first-order chi connectivity index (χ1) is 8.24. The van der Waals surface area contributed by atoms with Crippen LogP contribution in [0.15, 0.2) is 48.5 Å². The second-order valence-electron chi connectivity index (χ2n) is 3.92. The maximum Gasteiger partial charge on any atom is 0.275 e. The molecule has 0 radical (unpaired) electrons. The quantitative estimate of drug-likeness (QED) is 0.750. The van der Waals surface area contributed by atoms with Crippen molar-refractivity contribution in [1.82, 2.24) is 0 Å². The summed E-state index contributed by atoms with van der Waals surface area (Å²) in [5.41, 5.74) is 2.37. The van der Waals surface area contributed by atoms with Crippen LogP contribution in [0.25, 0.3) is 0 Å². The standard InChI is InChI=1S/C14H15O2P/c1-11-5-3-7-13(9-11)15-17-16-14-8-4-6-12(2)10-14/h3-10,17H,1-2H3. The number of aryl methyl sites for hydroxylation is 2. The van der Waals surface area contributed by atoms with Crippen LogP contribution in [0.1, 0.15) is 11.1 Å². The third kappa shape index (κ3) is 3.76. The maximum atomic E-state index is 5.54. The van der Waals surface area contributed by atoms with Gasteiger partial charge in [-0.2, -0.15) is 0 Å². The lowest BCUT2D eigenvalue weighted by Crippen LogP contribution is -1.86. The first-order valence-corrected chi connectivity index (χ1v) is 6.28. The first kappa shape index (κ1) is 11.9. The van der Waals surface area contributed by atoms with Gasteiger partial charge in [0.1, 0.15) is 11.5 Å². The van der Waals surface area contributed by atoms with E-state index in [4.69, 9.17) is 9.05 Å². The molecule has 2 aromatic rings. The van der Waals surface area contributed by atoms with E-state index in [-0.39, 0.29) is 9.03 Å². The van der Waals surface area contributed by atoms with Crippen molar-refractivity contribution in [2.24, 2.45) is 0 Å². The van der Waals surface area contributed by atoms with Gasteiger partial charge >= 0.3 is 0 Å². The van der Waals surface area contributed by atoms with Gasteiger partial charge in [0.15, 0.2) is 0 Å². The van der Waals surface area contributed by atoms with Crippen LogP contribution < -0.4 is 9.05 Å². The van der Waals surface area contributed by atoms with Gasteiger partial charge < -0.3 is 9.05 Å². The summed E-state index contributed by atoms with van der Waals surface area (Å²) >= 11 is 0. The normalized spacial score (nSPS) is 10.0. The molecule has 2 rings (SSSR count). The van der Waals surface area contributed by atoms with Crippen LogP contribution in [-0.4, -0.2) is 0 Å². The Balaban J connectivity index is 1.87. The van der Waals surface area contributed by atoms with Crippen molar-refractivity contribution in [3.63, 3.8) is 0 Å². The molecule has 2 aromatic carbocycles. The van der Waals surface area contributed by atoms with Crippen LogP contribution in [0.3, 0.4) is 0 Å². The van der Waals surface area contributed by atoms with E-state index in [2.05, 4.69) is 0 Å². The predicted molar refractivity (Wildman–Crippen MR) is 71.9 cm³/mol. The minimum absolute atomic E-state index is 0.0202. The van der Waals surface area contributed by atoms with Crippen LogP contribution in [0.5, 0.6) is 11.5 Å². The lowest BCUT2D eigenvalue weighted by Gasteiger charge is -2.07. The van der Waals surface area contributed by atoms with Crippen molar-refractivity contribution < 1.29 is 9.05 Å². The Morgan fingerprint density at radius 3 is 1.65 bits per heavy atom. The fourth-order valence-corrected chi connectivity index (χ4v) is 1.96. The summed E-state index contributed by atoms with van der Waals surface area (Å²) in [4.78, 5) is 0. The van der Waals surface area contributed by atoms with Gasteiger partial charge in [-0.15, -0.1) is 0 Å². The molecule has 0 saturated heterocycles. The van der Waals surface area contributed by atoms with Crippen molar-refractivity contribution in [2.45, 2.75) is 13.8 Å². The molecule has 0 aliphatic rings. The SMILES string of the molecule is Cc1cccc(OPOc2cccc(C)c2)c1. The third-order valence-corrected chi connectivity index (χ3v) is 2.94. The van der Waals surface area contributed by atoms with Crippen LogP contribution in [0, 0.1) is 13.8 Å². The van der Waals surface area contributed by atoms with Crippen LogP contribution in [0.2, 0.25) is 0 Å². The highest BCUT2D eigenvalue weighted by Crippen LogP contribution is 2.25. The molecule has 0 saturated carbocycles. The van der Waals surface area contributed by atoms with Crippen molar-refractivity contribution >= 4 is 9.03 Å². The lowest BCUT2D eigenvalue weighted by atomic mass is 10.2. The lowest BCUT2D eigenvalue weighted by molar-refractivity contribution is 0.515. The van der Waals surface area contributed by atoms with Crippen molar-refractivity contribution in [2.75, 3.05) is 0 Å². The Bertz CT molecular complexity index is 452. The molecule has 0 unspecified atom stereocenters. The van der Waals surface area contributed by atoms with E-state index in [9.17, 15) is 0 Å². The average molecular weight is 246 g/mol. The van der Waals surface area contributed by atoms with E-state index in [0.717, 1.165) is 11.5 Å². The molecule has 0 aliphatic heterocycles. The summed E-state index contributed by atoms with van der Waals surface area (Å²) in [5, 5.41) is 0. The fraction of sp³-hybridized carbons (Fsp3) is 0.143.